The number of nitrogens with zero attached hydrogens (tertiary/aromatic N) is 1. The number of aliphatic carboxylic acids is 1. The number of carboxylic acids is 1. The maximum absolute atomic E-state index is 12.0. The highest BCUT2D eigenvalue weighted by atomic mass is 16.4. The number of nitrogens with one attached hydrogen (secondary N) is 4. The summed E-state index contributed by atoms with van der Waals surface area (Å²) in [6, 6.07) is 0.986. The van der Waals surface area contributed by atoms with Crippen molar-refractivity contribution in [1.29, 1.82) is 0 Å². The molecule has 0 aromatic carbocycles. The molecule has 1 amide bonds. The standard InChI is InChI=1S/C19H34N6O3/c20-16(26)14-10-22-19(25-7-5-12(6-8-25)18(27)28)24-17(14)23-13-3-4-15(21-9-13)11-1-2-11/h11-15,17,19,21-24H,1-10H2,(H2,20,26)(H,27,28). The Labute approximate surface area is 166 Å². The van der Waals surface area contributed by atoms with E-state index < -0.39 is 5.97 Å². The first-order valence-corrected chi connectivity index (χ1v) is 10.8. The Morgan fingerprint density at radius 1 is 1.00 bits per heavy atom. The Hall–Kier alpha value is -1.26. The van der Waals surface area contributed by atoms with Gasteiger partial charge in [0.05, 0.1) is 18.0 Å². The largest absolute Gasteiger partial charge is 0.481 e. The number of carbonyl (C=O) groups excluding carboxylic acids is 1. The molecule has 158 valence electrons. The van der Waals surface area contributed by atoms with Crippen molar-refractivity contribution in [3.63, 3.8) is 0 Å². The molecule has 5 atom stereocenters. The highest BCUT2D eigenvalue weighted by Gasteiger charge is 2.39. The quantitative estimate of drug-likeness (QED) is 0.331. The smallest absolute Gasteiger partial charge is 0.306 e. The van der Waals surface area contributed by atoms with Crippen LogP contribution >= 0.6 is 0 Å². The zero-order chi connectivity index (χ0) is 19.7. The lowest BCUT2D eigenvalue weighted by Crippen LogP contribution is -2.72. The monoisotopic (exact) mass is 394 g/mol. The number of rotatable bonds is 6. The van der Waals surface area contributed by atoms with Gasteiger partial charge in [0.15, 0.2) is 0 Å². The van der Waals surface area contributed by atoms with Crippen molar-refractivity contribution in [2.75, 3.05) is 26.2 Å². The molecular weight excluding hydrogens is 360 g/mol. The third-order valence-electron chi connectivity index (χ3n) is 6.94. The van der Waals surface area contributed by atoms with E-state index in [4.69, 9.17) is 5.73 Å². The van der Waals surface area contributed by atoms with Crippen LogP contribution in [0.1, 0.15) is 38.5 Å². The van der Waals surface area contributed by atoms with Crippen LogP contribution in [0.3, 0.4) is 0 Å². The van der Waals surface area contributed by atoms with Crippen LogP contribution in [-0.2, 0) is 9.59 Å². The van der Waals surface area contributed by atoms with Gasteiger partial charge in [-0.15, -0.1) is 0 Å². The number of carboxylic acid groups (broad SMARTS) is 1. The predicted octanol–water partition coefficient (Wildman–Crippen LogP) is -1.19. The summed E-state index contributed by atoms with van der Waals surface area (Å²) >= 11 is 0. The molecule has 4 aliphatic rings. The molecule has 5 unspecified atom stereocenters. The lowest BCUT2D eigenvalue weighted by atomic mass is 9.95. The minimum absolute atomic E-state index is 0.0707. The molecule has 1 saturated carbocycles. The van der Waals surface area contributed by atoms with E-state index in [1.807, 2.05) is 0 Å². The Morgan fingerprint density at radius 3 is 2.32 bits per heavy atom. The van der Waals surface area contributed by atoms with Gasteiger partial charge < -0.3 is 16.2 Å². The maximum Gasteiger partial charge on any atom is 0.306 e. The number of likely N-dealkylation sites (tertiary alicyclic amines) is 1. The van der Waals surface area contributed by atoms with Crippen molar-refractivity contribution in [3.05, 3.63) is 0 Å². The second-order valence-corrected chi connectivity index (χ2v) is 8.91. The van der Waals surface area contributed by atoms with E-state index in [1.165, 1.54) is 19.3 Å². The molecule has 9 nitrogen and oxygen atoms in total. The number of piperidine rings is 2. The van der Waals surface area contributed by atoms with Crippen molar-refractivity contribution in [3.8, 4) is 0 Å². The summed E-state index contributed by atoms with van der Waals surface area (Å²) in [5, 5.41) is 23.4. The minimum Gasteiger partial charge on any atom is -0.481 e. The molecule has 3 saturated heterocycles. The van der Waals surface area contributed by atoms with Gasteiger partial charge in [-0.05, 0) is 44.4 Å². The molecule has 0 bridgehead atoms. The summed E-state index contributed by atoms with van der Waals surface area (Å²) in [5.41, 5.74) is 5.65. The van der Waals surface area contributed by atoms with E-state index in [0.29, 0.717) is 31.5 Å². The molecule has 0 radical (unpaired) electrons. The van der Waals surface area contributed by atoms with Crippen molar-refractivity contribution in [2.24, 2.45) is 23.5 Å². The Kier molecular flexibility index (Phi) is 6.17. The van der Waals surface area contributed by atoms with Crippen LogP contribution < -0.4 is 27.0 Å². The number of nitrogens with two attached hydrogens (primary N) is 1. The fourth-order valence-electron chi connectivity index (χ4n) is 4.95. The van der Waals surface area contributed by atoms with Crippen LogP contribution in [0.4, 0.5) is 0 Å². The molecular formula is C19H34N6O3. The maximum atomic E-state index is 12.0. The van der Waals surface area contributed by atoms with Gasteiger partial charge in [-0.2, -0.15) is 0 Å². The first kappa shape index (κ1) is 20.0. The molecule has 3 heterocycles. The van der Waals surface area contributed by atoms with Crippen molar-refractivity contribution in [1.82, 2.24) is 26.2 Å². The zero-order valence-electron chi connectivity index (χ0n) is 16.4. The Bertz CT molecular complexity index is 570. The Morgan fingerprint density at radius 2 is 1.75 bits per heavy atom. The second kappa shape index (κ2) is 8.62. The van der Waals surface area contributed by atoms with E-state index in [1.54, 1.807) is 0 Å². The van der Waals surface area contributed by atoms with Gasteiger partial charge in [0.2, 0.25) is 5.91 Å². The van der Waals surface area contributed by atoms with Crippen LogP contribution in [0.2, 0.25) is 0 Å². The first-order chi connectivity index (χ1) is 13.5. The van der Waals surface area contributed by atoms with Crippen LogP contribution in [0, 0.1) is 17.8 Å². The van der Waals surface area contributed by atoms with Crippen LogP contribution in [0.5, 0.6) is 0 Å². The lowest BCUT2D eigenvalue weighted by Gasteiger charge is -2.45. The molecule has 3 aliphatic heterocycles. The molecule has 0 spiro atoms. The number of amides is 1. The normalized spacial score (nSPS) is 38.2. The van der Waals surface area contributed by atoms with Crippen LogP contribution in [-0.4, -0.2) is 72.6 Å². The highest BCUT2D eigenvalue weighted by molar-refractivity contribution is 5.77. The average molecular weight is 395 g/mol. The zero-order valence-corrected chi connectivity index (χ0v) is 16.4. The van der Waals surface area contributed by atoms with E-state index in [0.717, 1.165) is 32.0 Å². The van der Waals surface area contributed by atoms with Crippen LogP contribution in [0.25, 0.3) is 0 Å². The summed E-state index contributed by atoms with van der Waals surface area (Å²) < 4.78 is 0. The average Bonchev–Trinajstić information content (AvgIpc) is 3.54. The molecule has 4 rings (SSSR count). The van der Waals surface area contributed by atoms with E-state index >= 15 is 0 Å². The molecule has 9 heteroatoms. The Balaban J connectivity index is 1.31. The minimum atomic E-state index is -0.702. The van der Waals surface area contributed by atoms with Gasteiger partial charge in [-0.3, -0.25) is 30.4 Å². The summed E-state index contributed by atoms with van der Waals surface area (Å²) in [5.74, 6) is -0.699. The van der Waals surface area contributed by atoms with Gasteiger partial charge in [0.25, 0.3) is 0 Å². The van der Waals surface area contributed by atoms with Crippen molar-refractivity contribution >= 4 is 11.9 Å². The number of primary amides is 1. The fourth-order valence-corrected chi connectivity index (χ4v) is 4.95. The molecule has 0 aromatic heterocycles. The van der Waals surface area contributed by atoms with Crippen molar-refractivity contribution < 1.29 is 14.7 Å². The van der Waals surface area contributed by atoms with E-state index in [-0.39, 0.29) is 30.2 Å². The molecule has 1 aliphatic carbocycles. The molecule has 28 heavy (non-hydrogen) atoms. The third-order valence-corrected chi connectivity index (χ3v) is 6.94. The molecule has 0 aromatic rings. The van der Waals surface area contributed by atoms with E-state index in [9.17, 15) is 14.7 Å². The molecule has 7 N–H and O–H groups in total. The number of carbonyl (C=O) groups is 2. The summed E-state index contributed by atoms with van der Waals surface area (Å²) in [6.45, 7) is 2.90. The second-order valence-electron chi connectivity index (χ2n) is 8.91. The first-order valence-electron chi connectivity index (χ1n) is 10.8. The fraction of sp³-hybridized carbons (Fsp3) is 0.895. The predicted molar refractivity (Wildman–Crippen MR) is 104 cm³/mol. The number of hydrogen-bond donors (Lipinski definition) is 6. The van der Waals surface area contributed by atoms with Gasteiger partial charge in [0, 0.05) is 38.3 Å². The summed E-state index contributed by atoms with van der Waals surface area (Å²) in [4.78, 5) is 25.4. The summed E-state index contributed by atoms with van der Waals surface area (Å²) in [7, 11) is 0. The molecule has 4 fully saturated rings. The number of hydrogen-bond acceptors (Lipinski definition) is 7. The lowest BCUT2D eigenvalue weighted by molar-refractivity contribution is -0.144. The van der Waals surface area contributed by atoms with Gasteiger partial charge in [0.1, 0.15) is 6.29 Å². The SMILES string of the molecule is NC(=O)C1CNC(N2CCC(C(=O)O)CC2)NC1NC1CCC(C2CC2)NC1. The van der Waals surface area contributed by atoms with Crippen molar-refractivity contribution in [2.45, 2.75) is 63.1 Å². The van der Waals surface area contributed by atoms with Gasteiger partial charge in [-0.25, -0.2) is 0 Å². The third kappa shape index (κ3) is 4.65. The van der Waals surface area contributed by atoms with Gasteiger partial charge in [-0.1, -0.05) is 0 Å². The highest BCUT2D eigenvalue weighted by Crippen LogP contribution is 2.35. The van der Waals surface area contributed by atoms with Gasteiger partial charge >= 0.3 is 5.97 Å². The van der Waals surface area contributed by atoms with E-state index in [2.05, 4.69) is 26.2 Å². The summed E-state index contributed by atoms with van der Waals surface area (Å²) in [6.07, 6.45) is 6.07. The van der Waals surface area contributed by atoms with Crippen LogP contribution in [0.15, 0.2) is 0 Å². The topological polar surface area (TPSA) is 132 Å².